The van der Waals surface area contributed by atoms with Gasteiger partial charge in [0, 0.05) is 18.7 Å². The Bertz CT molecular complexity index is 577. The van der Waals surface area contributed by atoms with Gasteiger partial charge in [-0.05, 0) is 29.8 Å². The van der Waals surface area contributed by atoms with Crippen LogP contribution in [0.25, 0.3) is 6.08 Å². The zero-order valence-electron chi connectivity index (χ0n) is 14.2. The first-order valence-corrected chi connectivity index (χ1v) is 10.7. The van der Waals surface area contributed by atoms with E-state index in [1.54, 1.807) is 6.07 Å². The van der Waals surface area contributed by atoms with Gasteiger partial charge in [0.25, 0.3) is 0 Å². The van der Waals surface area contributed by atoms with Gasteiger partial charge in [-0.15, -0.1) is 0 Å². The van der Waals surface area contributed by atoms with Crippen LogP contribution in [0.5, 0.6) is 5.75 Å². The molecule has 1 atom stereocenters. The van der Waals surface area contributed by atoms with Gasteiger partial charge in [-0.2, -0.15) is 0 Å². The molecule has 1 aromatic rings. The first kappa shape index (κ1) is 17.1. The molecule has 1 heterocycles. The maximum absolute atomic E-state index is 10.0. The van der Waals surface area contributed by atoms with Crippen LogP contribution in [0.4, 0.5) is 5.69 Å². The molecule has 0 aromatic heterocycles. The number of rotatable bonds is 4. The van der Waals surface area contributed by atoms with Crippen molar-refractivity contribution in [2.45, 2.75) is 45.0 Å². The molecule has 0 fully saturated rings. The normalized spacial score (nSPS) is 16.1. The Balaban J connectivity index is 2.40. The van der Waals surface area contributed by atoms with E-state index in [9.17, 15) is 5.11 Å². The molecule has 122 valence electrons. The molecule has 5 heteroatoms. The average molecular weight is 321 g/mol. The molecule has 0 bridgehead atoms. The number of hydrogen-bond acceptors (Lipinski definition) is 4. The van der Waals surface area contributed by atoms with Crippen molar-refractivity contribution in [3.63, 3.8) is 0 Å². The summed E-state index contributed by atoms with van der Waals surface area (Å²) in [5.74, 6) is 0.270. The minimum absolute atomic E-state index is 0.130. The molecule has 22 heavy (non-hydrogen) atoms. The molecule has 0 unspecified atom stereocenters. The van der Waals surface area contributed by atoms with Crippen molar-refractivity contribution in [2.75, 3.05) is 18.4 Å². The fourth-order valence-corrected chi connectivity index (χ4v) is 3.67. The third-order valence-corrected chi connectivity index (χ3v) is 9.23. The van der Waals surface area contributed by atoms with Gasteiger partial charge < -0.3 is 20.6 Å². The molecule has 0 saturated heterocycles. The monoisotopic (exact) mass is 320 g/mol. The lowest BCUT2D eigenvalue weighted by atomic mass is 9.97. The van der Waals surface area contributed by atoms with Gasteiger partial charge in [-0.3, -0.25) is 0 Å². The van der Waals surface area contributed by atoms with Crippen LogP contribution in [0.1, 0.15) is 38.0 Å². The molecule has 1 aromatic carbocycles. The summed E-state index contributed by atoms with van der Waals surface area (Å²) in [5, 5.41) is 13.4. The van der Waals surface area contributed by atoms with E-state index >= 15 is 0 Å². The summed E-state index contributed by atoms with van der Waals surface area (Å²) in [6.07, 6.45) is 3.93. The molecule has 0 aliphatic carbocycles. The fraction of sp³-hybridized carbons (Fsp3) is 0.529. The zero-order chi connectivity index (χ0) is 16.5. The van der Waals surface area contributed by atoms with Crippen molar-refractivity contribution in [1.29, 1.82) is 0 Å². The summed E-state index contributed by atoms with van der Waals surface area (Å²) in [6, 6.07) is 3.65. The molecule has 1 aliphatic heterocycles. The molecule has 4 nitrogen and oxygen atoms in total. The molecule has 0 saturated carbocycles. The lowest BCUT2D eigenvalue weighted by molar-refractivity contribution is 0.191. The number of benzene rings is 1. The second-order valence-corrected chi connectivity index (χ2v) is 12.1. The first-order chi connectivity index (χ1) is 10.2. The lowest BCUT2D eigenvalue weighted by Crippen LogP contribution is -2.43. The average Bonchev–Trinajstić information content (AvgIpc) is 2.45. The van der Waals surface area contributed by atoms with Gasteiger partial charge in [0.15, 0.2) is 8.32 Å². The lowest BCUT2D eigenvalue weighted by Gasteiger charge is -2.39. The summed E-state index contributed by atoms with van der Waals surface area (Å²) < 4.78 is 6.51. The SMILES string of the molecule is CC(C)(C)[Si](C)(C)O[C@@H](CN)c1ccc(O)c2c1C=CCN2. The van der Waals surface area contributed by atoms with Gasteiger partial charge in [-0.25, -0.2) is 0 Å². The number of phenolic OH excluding ortho intramolecular Hbond substituents is 1. The molecular weight excluding hydrogens is 292 g/mol. The summed E-state index contributed by atoms with van der Waals surface area (Å²) in [5.41, 5.74) is 8.82. The fourth-order valence-electron chi connectivity index (χ4n) is 2.38. The number of anilines is 1. The summed E-state index contributed by atoms with van der Waals surface area (Å²) in [7, 11) is -1.92. The quantitative estimate of drug-likeness (QED) is 0.582. The van der Waals surface area contributed by atoms with Gasteiger partial charge in [-0.1, -0.05) is 39.0 Å². The third kappa shape index (κ3) is 3.21. The number of nitrogens with one attached hydrogen (secondary N) is 1. The van der Waals surface area contributed by atoms with Crippen LogP contribution in [-0.2, 0) is 4.43 Å². The Kier molecular flexibility index (Phi) is 4.70. The zero-order valence-corrected chi connectivity index (χ0v) is 15.2. The molecule has 2 rings (SSSR count). The Labute approximate surface area is 134 Å². The van der Waals surface area contributed by atoms with Crippen LogP contribution in [0.2, 0.25) is 18.1 Å². The highest BCUT2D eigenvalue weighted by molar-refractivity contribution is 6.74. The van der Waals surface area contributed by atoms with Crippen molar-refractivity contribution in [3.8, 4) is 5.75 Å². The molecule has 0 radical (unpaired) electrons. The highest BCUT2D eigenvalue weighted by Crippen LogP contribution is 2.42. The van der Waals surface area contributed by atoms with Crippen LogP contribution in [0.15, 0.2) is 18.2 Å². The standard InChI is InChI=1S/C17H28N2O2Si/c1-17(2,3)22(4,5)21-15(11-18)12-8-9-14(20)16-13(12)7-6-10-19-16/h6-9,15,19-20H,10-11,18H2,1-5H3/t15-/m0/s1. The number of phenols is 1. The molecule has 4 N–H and O–H groups in total. The Morgan fingerprint density at radius 1 is 1.36 bits per heavy atom. The van der Waals surface area contributed by atoms with E-state index in [0.717, 1.165) is 23.4 Å². The van der Waals surface area contributed by atoms with E-state index in [0.29, 0.717) is 6.54 Å². The van der Waals surface area contributed by atoms with Crippen molar-refractivity contribution >= 4 is 20.1 Å². The Hall–Kier alpha value is -1.30. The number of aromatic hydroxyl groups is 1. The van der Waals surface area contributed by atoms with Crippen LogP contribution < -0.4 is 11.1 Å². The smallest absolute Gasteiger partial charge is 0.192 e. The van der Waals surface area contributed by atoms with E-state index in [-0.39, 0.29) is 16.9 Å². The van der Waals surface area contributed by atoms with E-state index in [2.05, 4.69) is 39.2 Å². The summed E-state index contributed by atoms with van der Waals surface area (Å²) >= 11 is 0. The van der Waals surface area contributed by atoms with E-state index in [1.165, 1.54) is 0 Å². The van der Waals surface area contributed by atoms with Gasteiger partial charge >= 0.3 is 0 Å². The maximum Gasteiger partial charge on any atom is 0.192 e. The van der Waals surface area contributed by atoms with Crippen molar-refractivity contribution < 1.29 is 9.53 Å². The number of nitrogens with two attached hydrogens (primary N) is 1. The molecule has 1 aliphatic rings. The van der Waals surface area contributed by atoms with Crippen molar-refractivity contribution in [3.05, 3.63) is 29.3 Å². The van der Waals surface area contributed by atoms with Crippen LogP contribution >= 0.6 is 0 Å². The summed E-state index contributed by atoms with van der Waals surface area (Å²) in [4.78, 5) is 0. The molecule has 0 amide bonds. The number of hydrogen-bond donors (Lipinski definition) is 3. The second-order valence-electron chi connectivity index (χ2n) is 7.35. The Morgan fingerprint density at radius 3 is 2.64 bits per heavy atom. The maximum atomic E-state index is 10.0. The highest BCUT2D eigenvalue weighted by atomic mass is 28.4. The third-order valence-electron chi connectivity index (χ3n) is 4.74. The predicted octanol–water partition coefficient (Wildman–Crippen LogP) is 3.85. The van der Waals surface area contributed by atoms with E-state index in [4.69, 9.17) is 10.2 Å². The number of fused-ring (bicyclic) bond motifs is 1. The largest absolute Gasteiger partial charge is 0.506 e. The van der Waals surface area contributed by atoms with Gasteiger partial charge in [0.05, 0.1) is 11.8 Å². The Morgan fingerprint density at radius 2 is 2.05 bits per heavy atom. The molecular formula is C17H28N2O2Si. The van der Waals surface area contributed by atoms with Crippen LogP contribution in [-0.4, -0.2) is 26.5 Å². The van der Waals surface area contributed by atoms with Gasteiger partial charge in [0.1, 0.15) is 5.75 Å². The molecule has 0 spiro atoms. The highest BCUT2D eigenvalue weighted by Gasteiger charge is 2.39. The predicted molar refractivity (Wildman–Crippen MR) is 95.7 cm³/mol. The van der Waals surface area contributed by atoms with Crippen LogP contribution in [0.3, 0.4) is 0 Å². The summed E-state index contributed by atoms with van der Waals surface area (Å²) in [6.45, 7) is 12.3. The first-order valence-electron chi connectivity index (χ1n) is 7.81. The minimum Gasteiger partial charge on any atom is -0.506 e. The minimum atomic E-state index is -1.92. The van der Waals surface area contributed by atoms with E-state index < -0.39 is 8.32 Å². The van der Waals surface area contributed by atoms with Crippen LogP contribution in [0, 0.1) is 0 Å². The topological polar surface area (TPSA) is 67.5 Å². The van der Waals surface area contributed by atoms with Crippen molar-refractivity contribution in [1.82, 2.24) is 0 Å². The van der Waals surface area contributed by atoms with Gasteiger partial charge in [0.2, 0.25) is 0 Å². The van der Waals surface area contributed by atoms with Crippen molar-refractivity contribution in [2.24, 2.45) is 5.73 Å². The van der Waals surface area contributed by atoms with E-state index in [1.807, 2.05) is 18.2 Å². The second kappa shape index (κ2) is 6.06.